The van der Waals surface area contributed by atoms with Gasteiger partial charge in [-0.3, -0.25) is 0 Å². The van der Waals surface area contributed by atoms with E-state index in [0.29, 0.717) is 5.92 Å². The largest absolute Gasteiger partial charge is 0.117 e. The Morgan fingerprint density at radius 1 is 0.947 bits per heavy atom. The highest BCUT2D eigenvalue weighted by Gasteiger charge is 2.47. The van der Waals surface area contributed by atoms with Crippen molar-refractivity contribution in [3.8, 4) is 0 Å². The molecule has 19 heavy (non-hydrogen) atoms. The van der Waals surface area contributed by atoms with E-state index in [0.717, 1.165) is 11.8 Å². The van der Waals surface area contributed by atoms with Crippen LogP contribution in [0.25, 0.3) is 10.8 Å². The molecule has 0 saturated heterocycles. The van der Waals surface area contributed by atoms with Gasteiger partial charge in [-0.05, 0) is 65.8 Å². The maximum Gasteiger partial charge on any atom is 0.0619 e. The molecular weight excluding hydrogens is 252 g/mol. The normalized spacial score (nSPS) is 30.3. The van der Waals surface area contributed by atoms with Crippen LogP contribution in [-0.4, -0.2) is 0 Å². The van der Waals surface area contributed by atoms with E-state index in [2.05, 4.69) is 43.3 Å². The van der Waals surface area contributed by atoms with Crippen LogP contribution in [0.2, 0.25) is 0 Å². The second-order valence-electron chi connectivity index (χ2n) is 6.41. The lowest BCUT2D eigenvalue weighted by atomic mass is 9.90. The summed E-state index contributed by atoms with van der Waals surface area (Å²) in [5.74, 6) is 2.70. The second kappa shape index (κ2) is 4.24. The van der Waals surface area contributed by atoms with Crippen molar-refractivity contribution in [2.75, 3.05) is 0 Å². The summed E-state index contributed by atoms with van der Waals surface area (Å²) >= 11 is 6.83. The van der Waals surface area contributed by atoms with Crippen LogP contribution in [0.3, 0.4) is 0 Å². The highest BCUT2D eigenvalue weighted by atomic mass is 35.5. The van der Waals surface area contributed by atoms with Crippen LogP contribution in [0.15, 0.2) is 36.4 Å². The molecule has 0 radical (unpaired) electrons. The standard InChI is InChI=1S/C18H19Cl/c1-11-6-7-17(16-5-3-2-4-15(11)16)18(19)14-9-12-8-13(12)10-14/h2-7,12-14,18H,8-10H2,1H3. The fraction of sp³-hybridized carbons (Fsp3) is 0.444. The summed E-state index contributed by atoms with van der Waals surface area (Å²) in [6, 6.07) is 13.2. The smallest absolute Gasteiger partial charge is 0.0619 e. The lowest BCUT2D eigenvalue weighted by molar-refractivity contribution is 0.473. The number of halogens is 1. The molecular formula is C18H19Cl. The van der Waals surface area contributed by atoms with E-state index in [4.69, 9.17) is 11.6 Å². The Morgan fingerprint density at radius 3 is 2.37 bits per heavy atom. The van der Waals surface area contributed by atoms with E-state index < -0.39 is 0 Å². The molecule has 2 aliphatic rings. The quantitative estimate of drug-likeness (QED) is 0.635. The van der Waals surface area contributed by atoms with Crippen LogP contribution in [0.1, 0.15) is 35.8 Å². The summed E-state index contributed by atoms with van der Waals surface area (Å²) in [7, 11) is 0. The van der Waals surface area contributed by atoms with Crippen molar-refractivity contribution in [1.29, 1.82) is 0 Å². The number of hydrogen-bond donors (Lipinski definition) is 0. The van der Waals surface area contributed by atoms with Gasteiger partial charge in [0.1, 0.15) is 0 Å². The molecule has 2 aliphatic carbocycles. The predicted molar refractivity (Wildman–Crippen MR) is 81.6 cm³/mol. The van der Waals surface area contributed by atoms with Crippen LogP contribution in [0.4, 0.5) is 0 Å². The first-order chi connectivity index (χ1) is 9.24. The number of benzene rings is 2. The first kappa shape index (κ1) is 11.8. The van der Waals surface area contributed by atoms with Crippen molar-refractivity contribution in [2.24, 2.45) is 17.8 Å². The average molecular weight is 271 g/mol. The highest BCUT2D eigenvalue weighted by Crippen LogP contribution is 2.58. The Kier molecular flexibility index (Phi) is 2.63. The third kappa shape index (κ3) is 1.89. The van der Waals surface area contributed by atoms with Gasteiger partial charge in [-0.1, -0.05) is 36.4 Å². The molecule has 2 aromatic carbocycles. The summed E-state index contributed by atoms with van der Waals surface area (Å²) in [6.07, 6.45) is 4.16. The lowest BCUT2D eigenvalue weighted by Gasteiger charge is -2.21. The zero-order valence-corrected chi connectivity index (χ0v) is 12.0. The van der Waals surface area contributed by atoms with Crippen LogP contribution in [0, 0.1) is 24.7 Å². The molecule has 0 nitrogen and oxygen atoms in total. The van der Waals surface area contributed by atoms with Crippen molar-refractivity contribution in [3.05, 3.63) is 47.5 Å². The summed E-state index contributed by atoms with van der Waals surface area (Å²) in [4.78, 5) is 0. The van der Waals surface area contributed by atoms with Gasteiger partial charge >= 0.3 is 0 Å². The molecule has 2 saturated carbocycles. The van der Waals surface area contributed by atoms with Gasteiger partial charge in [0, 0.05) is 0 Å². The number of alkyl halides is 1. The molecule has 2 aromatic rings. The minimum atomic E-state index is 0.193. The Hall–Kier alpha value is -1.01. The monoisotopic (exact) mass is 270 g/mol. The Labute approximate surface area is 119 Å². The van der Waals surface area contributed by atoms with Crippen molar-refractivity contribution in [1.82, 2.24) is 0 Å². The Bertz CT molecular complexity index is 621. The molecule has 2 fully saturated rings. The van der Waals surface area contributed by atoms with E-state index in [1.807, 2.05) is 0 Å². The van der Waals surface area contributed by atoms with Crippen molar-refractivity contribution in [3.63, 3.8) is 0 Å². The topological polar surface area (TPSA) is 0 Å². The van der Waals surface area contributed by atoms with Gasteiger partial charge in [0.25, 0.3) is 0 Å². The van der Waals surface area contributed by atoms with E-state index in [1.54, 1.807) is 0 Å². The molecule has 4 rings (SSSR count). The molecule has 3 atom stereocenters. The first-order valence-electron chi connectivity index (χ1n) is 7.36. The van der Waals surface area contributed by atoms with Gasteiger partial charge in [0.2, 0.25) is 0 Å². The van der Waals surface area contributed by atoms with Gasteiger partial charge in [-0.2, -0.15) is 0 Å². The summed E-state index contributed by atoms with van der Waals surface area (Å²) in [6.45, 7) is 2.18. The fourth-order valence-electron chi connectivity index (χ4n) is 3.97. The SMILES string of the molecule is Cc1ccc(C(Cl)C2CC3CC3C2)c2ccccc12. The minimum absolute atomic E-state index is 0.193. The van der Waals surface area contributed by atoms with E-state index >= 15 is 0 Å². The van der Waals surface area contributed by atoms with E-state index in [-0.39, 0.29) is 5.38 Å². The molecule has 0 aromatic heterocycles. The average Bonchev–Trinajstić information content (AvgIpc) is 3.05. The molecule has 98 valence electrons. The van der Waals surface area contributed by atoms with Gasteiger partial charge in [0.05, 0.1) is 5.38 Å². The van der Waals surface area contributed by atoms with Gasteiger partial charge in [-0.25, -0.2) is 0 Å². The summed E-state index contributed by atoms with van der Waals surface area (Å²) in [5.41, 5.74) is 2.69. The molecule has 0 aliphatic heterocycles. The van der Waals surface area contributed by atoms with Gasteiger partial charge < -0.3 is 0 Å². The van der Waals surface area contributed by atoms with Crippen molar-refractivity contribution >= 4 is 22.4 Å². The number of fused-ring (bicyclic) bond motifs is 2. The summed E-state index contributed by atoms with van der Waals surface area (Å²) < 4.78 is 0. The molecule has 0 bridgehead atoms. The maximum atomic E-state index is 6.83. The number of hydrogen-bond acceptors (Lipinski definition) is 0. The van der Waals surface area contributed by atoms with E-state index in [1.165, 1.54) is 41.2 Å². The lowest BCUT2D eigenvalue weighted by Crippen LogP contribution is -2.06. The van der Waals surface area contributed by atoms with Crippen LogP contribution in [0.5, 0.6) is 0 Å². The molecule has 1 heteroatoms. The van der Waals surface area contributed by atoms with Crippen molar-refractivity contribution < 1.29 is 0 Å². The maximum absolute atomic E-state index is 6.83. The number of aryl methyl sites for hydroxylation is 1. The first-order valence-corrected chi connectivity index (χ1v) is 7.80. The molecule has 0 heterocycles. The summed E-state index contributed by atoms with van der Waals surface area (Å²) in [5, 5.41) is 2.90. The van der Waals surface area contributed by atoms with Gasteiger partial charge in [-0.15, -0.1) is 11.6 Å². The minimum Gasteiger partial charge on any atom is -0.117 e. The van der Waals surface area contributed by atoms with Crippen molar-refractivity contribution in [2.45, 2.75) is 31.6 Å². The highest BCUT2D eigenvalue weighted by molar-refractivity contribution is 6.22. The number of rotatable bonds is 2. The predicted octanol–water partition coefficient (Wildman–Crippen LogP) is 5.47. The molecule has 3 unspecified atom stereocenters. The van der Waals surface area contributed by atoms with Crippen LogP contribution < -0.4 is 0 Å². The second-order valence-corrected chi connectivity index (χ2v) is 6.88. The zero-order chi connectivity index (χ0) is 13.0. The van der Waals surface area contributed by atoms with E-state index in [9.17, 15) is 0 Å². The van der Waals surface area contributed by atoms with Gasteiger partial charge in [0.15, 0.2) is 0 Å². The third-order valence-electron chi connectivity index (χ3n) is 5.17. The Balaban J connectivity index is 1.76. The van der Waals surface area contributed by atoms with Crippen LogP contribution in [-0.2, 0) is 0 Å². The van der Waals surface area contributed by atoms with Crippen LogP contribution >= 0.6 is 11.6 Å². The zero-order valence-electron chi connectivity index (χ0n) is 11.3. The molecule has 0 N–H and O–H groups in total. The molecule has 0 spiro atoms. The Morgan fingerprint density at radius 2 is 1.63 bits per heavy atom. The fourth-order valence-corrected chi connectivity index (χ4v) is 4.36. The third-order valence-corrected chi connectivity index (χ3v) is 5.76. The molecule has 0 amide bonds.